The predicted octanol–water partition coefficient (Wildman–Crippen LogP) is 6.75. The summed E-state index contributed by atoms with van der Waals surface area (Å²) in [7, 11) is 1.71. The lowest BCUT2D eigenvalue weighted by atomic mass is 9.97. The van der Waals surface area contributed by atoms with Gasteiger partial charge in [0.1, 0.15) is 24.7 Å². The van der Waals surface area contributed by atoms with Gasteiger partial charge in [-0.2, -0.15) is 5.10 Å². The van der Waals surface area contributed by atoms with Crippen molar-refractivity contribution in [2.75, 3.05) is 40.1 Å². The topological polar surface area (TPSA) is 122 Å². The van der Waals surface area contributed by atoms with E-state index in [0.717, 1.165) is 61.0 Å². The highest BCUT2D eigenvalue weighted by molar-refractivity contribution is 6.37. The van der Waals surface area contributed by atoms with E-state index in [1.807, 2.05) is 54.3 Å². The fourth-order valence-corrected chi connectivity index (χ4v) is 6.22. The van der Waals surface area contributed by atoms with Crippen molar-refractivity contribution in [2.24, 2.45) is 22.6 Å². The summed E-state index contributed by atoms with van der Waals surface area (Å²) in [5.74, 6) is 6.92. The highest BCUT2D eigenvalue weighted by Crippen LogP contribution is 2.34. The SMILES string of the molecule is COCCCc1cc(CN(C(=O)C(CN)Cc2ccc(OCCOc3c(Cl)cc(C)cc3Cl)cc2)C2CC2)cc(OCCC/C=N/N)c1. The van der Waals surface area contributed by atoms with Gasteiger partial charge in [0.05, 0.1) is 22.6 Å². The highest BCUT2D eigenvalue weighted by atomic mass is 35.5. The molecular formula is C37H48Cl2N4O5. The van der Waals surface area contributed by atoms with E-state index in [0.29, 0.717) is 60.9 Å². The fourth-order valence-electron chi connectivity index (χ4n) is 5.52. The maximum absolute atomic E-state index is 14.0. The number of benzene rings is 3. The largest absolute Gasteiger partial charge is 0.494 e. The van der Waals surface area contributed by atoms with Crippen LogP contribution in [0.4, 0.5) is 0 Å². The molecule has 0 saturated heterocycles. The van der Waals surface area contributed by atoms with E-state index in [1.165, 1.54) is 5.56 Å². The first kappa shape index (κ1) is 37.3. The lowest BCUT2D eigenvalue weighted by molar-refractivity contribution is -0.136. The molecule has 0 aliphatic heterocycles. The van der Waals surface area contributed by atoms with Crippen molar-refractivity contribution in [3.63, 3.8) is 0 Å². The Balaban J connectivity index is 1.35. The number of nitrogens with two attached hydrogens (primary N) is 2. The Morgan fingerprint density at radius 2 is 1.60 bits per heavy atom. The third-order valence-electron chi connectivity index (χ3n) is 8.10. The Hall–Kier alpha value is -3.50. The molecule has 4 N–H and O–H groups in total. The highest BCUT2D eigenvalue weighted by Gasteiger charge is 2.35. The number of hydrogen-bond acceptors (Lipinski definition) is 8. The molecule has 4 rings (SSSR count). The molecule has 11 heteroatoms. The Morgan fingerprint density at radius 1 is 0.917 bits per heavy atom. The molecule has 0 bridgehead atoms. The van der Waals surface area contributed by atoms with Gasteiger partial charge in [-0.25, -0.2) is 0 Å². The Labute approximate surface area is 294 Å². The van der Waals surface area contributed by atoms with Gasteiger partial charge in [-0.15, -0.1) is 0 Å². The minimum atomic E-state index is -0.334. The second-order valence-corrected chi connectivity index (χ2v) is 13.0. The van der Waals surface area contributed by atoms with E-state index in [4.69, 9.17) is 53.7 Å². The number of nitrogens with zero attached hydrogens (tertiary/aromatic N) is 2. The van der Waals surface area contributed by atoms with Crippen molar-refractivity contribution < 1.29 is 23.7 Å². The van der Waals surface area contributed by atoms with Crippen LogP contribution in [0.2, 0.25) is 10.0 Å². The molecule has 1 fully saturated rings. The van der Waals surface area contributed by atoms with Gasteiger partial charge in [0.15, 0.2) is 5.75 Å². The fraction of sp³-hybridized carbons (Fsp3) is 0.459. The molecule has 1 aliphatic rings. The monoisotopic (exact) mass is 698 g/mol. The molecule has 3 aromatic rings. The van der Waals surface area contributed by atoms with Crippen LogP contribution >= 0.6 is 23.2 Å². The number of methoxy groups -OCH3 is 1. The minimum Gasteiger partial charge on any atom is -0.494 e. The molecule has 0 radical (unpaired) electrons. The molecule has 0 spiro atoms. The van der Waals surface area contributed by atoms with Crippen molar-refractivity contribution in [1.29, 1.82) is 0 Å². The van der Waals surface area contributed by atoms with Crippen molar-refractivity contribution in [2.45, 2.75) is 64.5 Å². The van der Waals surface area contributed by atoms with Crippen molar-refractivity contribution in [3.8, 4) is 17.2 Å². The van der Waals surface area contributed by atoms with E-state index >= 15 is 0 Å². The van der Waals surface area contributed by atoms with Crippen molar-refractivity contribution in [1.82, 2.24) is 4.90 Å². The van der Waals surface area contributed by atoms with E-state index < -0.39 is 0 Å². The van der Waals surface area contributed by atoms with Crippen LogP contribution in [-0.2, 0) is 28.9 Å². The van der Waals surface area contributed by atoms with Gasteiger partial charge < -0.3 is 35.4 Å². The van der Waals surface area contributed by atoms with Crippen molar-refractivity contribution >= 4 is 35.3 Å². The molecule has 1 saturated carbocycles. The molecular weight excluding hydrogens is 651 g/mol. The number of aryl methyl sites for hydroxylation is 2. The number of carbonyl (C=O) groups is 1. The van der Waals surface area contributed by atoms with Crippen LogP contribution in [0.25, 0.3) is 0 Å². The van der Waals surface area contributed by atoms with Crippen LogP contribution < -0.4 is 25.8 Å². The van der Waals surface area contributed by atoms with Gasteiger partial charge >= 0.3 is 0 Å². The molecule has 1 aliphatic carbocycles. The predicted molar refractivity (Wildman–Crippen MR) is 192 cm³/mol. The summed E-state index contributed by atoms with van der Waals surface area (Å²) in [6, 6.07) is 17.9. The van der Waals surface area contributed by atoms with Gasteiger partial charge in [0, 0.05) is 39.1 Å². The second-order valence-electron chi connectivity index (χ2n) is 12.1. The average Bonchev–Trinajstić information content (AvgIpc) is 3.91. The first-order chi connectivity index (χ1) is 23.3. The maximum Gasteiger partial charge on any atom is 0.227 e. The molecule has 0 aromatic heterocycles. The van der Waals surface area contributed by atoms with Crippen LogP contribution in [0, 0.1) is 12.8 Å². The van der Waals surface area contributed by atoms with Crippen molar-refractivity contribution in [3.05, 3.63) is 86.9 Å². The Kier molecular flexibility index (Phi) is 15.2. The zero-order valence-electron chi connectivity index (χ0n) is 28.0. The molecule has 1 atom stereocenters. The Bertz CT molecular complexity index is 1460. The summed E-state index contributed by atoms with van der Waals surface area (Å²) in [6.45, 7) is 4.56. The van der Waals surface area contributed by atoms with Crippen LogP contribution in [0.3, 0.4) is 0 Å². The second kappa shape index (κ2) is 19.5. The molecule has 0 heterocycles. The Morgan fingerprint density at radius 3 is 2.27 bits per heavy atom. The molecule has 260 valence electrons. The third-order valence-corrected chi connectivity index (χ3v) is 8.66. The van der Waals surface area contributed by atoms with Crippen LogP contribution in [0.15, 0.2) is 59.7 Å². The first-order valence-corrected chi connectivity index (χ1v) is 17.3. The number of ether oxygens (including phenoxy) is 4. The number of rotatable bonds is 21. The number of carbonyl (C=O) groups excluding carboxylic acids is 1. The molecule has 48 heavy (non-hydrogen) atoms. The number of unbranched alkanes of at least 4 members (excludes halogenated alkanes) is 1. The van der Waals surface area contributed by atoms with Gasteiger partial charge in [0.2, 0.25) is 5.91 Å². The maximum atomic E-state index is 14.0. The standard InChI is InChI=1S/C37H48Cl2N4O5/c1-26-18-34(38)36(35(39)19-26)48-17-16-47-32-11-7-27(8-12-32)21-30(24-40)37(44)43(31-9-10-31)25-29-20-28(6-5-14-45-2)22-33(23-29)46-15-4-3-13-42-41/h7-8,11-13,18-20,22-23,30-31H,3-6,9-10,14-17,21,24-25,40-41H2,1-2H3/b42-13+. The zero-order chi connectivity index (χ0) is 34.3. The number of halogens is 2. The lowest BCUT2D eigenvalue weighted by Gasteiger charge is -2.27. The minimum absolute atomic E-state index is 0.0826. The molecule has 3 aromatic carbocycles. The van der Waals surface area contributed by atoms with Gasteiger partial charge in [-0.1, -0.05) is 41.4 Å². The van der Waals surface area contributed by atoms with E-state index in [1.54, 1.807) is 13.3 Å². The summed E-state index contributed by atoms with van der Waals surface area (Å²) in [5, 5.41) is 4.49. The van der Waals surface area contributed by atoms with Crippen LogP contribution in [0.1, 0.15) is 54.4 Å². The number of hydrazone groups is 1. The summed E-state index contributed by atoms with van der Waals surface area (Å²) in [4.78, 5) is 16.0. The normalized spacial score (nSPS) is 13.4. The van der Waals surface area contributed by atoms with E-state index in [2.05, 4.69) is 17.2 Å². The van der Waals surface area contributed by atoms with E-state index in [9.17, 15) is 4.79 Å². The number of hydrogen-bond donors (Lipinski definition) is 2. The summed E-state index contributed by atoms with van der Waals surface area (Å²) < 4.78 is 23.0. The molecule has 1 unspecified atom stereocenters. The zero-order valence-corrected chi connectivity index (χ0v) is 29.5. The summed E-state index contributed by atoms with van der Waals surface area (Å²) in [6.07, 6.45) is 7.57. The first-order valence-electron chi connectivity index (χ1n) is 16.6. The molecule has 9 nitrogen and oxygen atoms in total. The van der Waals surface area contributed by atoms with Gasteiger partial charge in [0.25, 0.3) is 0 Å². The molecule has 1 amide bonds. The smallest absolute Gasteiger partial charge is 0.227 e. The summed E-state index contributed by atoms with van der Waals surface area (Å²) >= 11 is 12.5. The van der Waals surface area contributed by atoms with E-state index in [-0.39, 0.29) is 24.4 Å². The lowest BCUT2D eigenvalue weighted by Crippen LogP contribution is -2.41. The third kappa shape index (κ3) is 11.9. The number of amides is 1. The summed E-state index contributed by atoms with van der Waals surface area (Å²) in [5.41, 5.74) is 10.4. The van der Waals surface area contributed by atoms with Gasteiger partial charge in [-0.3, -0.25) is 4.79 Å². The van der Waals surface area contributed by atoms with Crippen LogP contribution in [-0.4, -0.2) is 63.1 Å². The van der Waals surface area contributed by atoms with Crippen LogP contribution in [0.5, 0.6) is 17.2 Å². The quantitative estimate of drug-likeness (QED) is 0.0546. The average molecular weight is 700 g/mol. The van der Waals surface area contributed by atoms with Gasteiger partial charge in [-0.05, 0) is 111 Å².